The first kappa shape index (κ1) is 25.2. The molecule has 0 aliphatic rings. The topological polar surface area (TPSA) is 144 Å². The minimum atomic E-state index is -3.96. The van der Waals surface area contributed by atoms with Crippen molar-refractivity contribution in [3.63, 3.8) is 0 Å². The second kappa shape index (κ2) is 10.5. The van der Waals surface area contributed by atoms with Gasteiger partial charge in [0.1, 0.15) is 11.6 Å². The fraction of sp³-hybridized carbons (Fsp3) is 0.111. The highest BCUT2D eigenvalue weighted by atomic mass is 32.2. The Labute approximate surface area is 218 Å². The van der Waals surface area contributed by atoms with E-state index in [1.165, 1.54) is 24.3 Å². The van der Waals surface area contributed by atoms with Crippen molar-refractivity contribution in [3.8, 4) is 22.5 Å². The molecule has 0 aliphatic heterocycles. The van der Waals surface area contributed by atoms with E-state index in [-0.39, 0.29) is 10.8 Å². The van der Waals surface area contributed by atoms with Gasteiger partial charge in [-0.25, -0.2) is 32.9 Å². The Morgan fingerprint density at radius 3 is 2.45 bits per heavy atom. The number of primary sulfonamides is 1. The number of H-pyrrole nitrogens is 1. The van der Waals surface area contributed by atoms with Gasteiger partial charge in [0.25, 0.3) is 5.91 Å². The van der Waals surface area contributed by atoms with E-state index in [1.807, 2.05) is 0 Å². The molecule has 2 aromatic heterocycles. The molecule has 0 saturated heterocycles. The third kappa shape index (κ3) is 5.58. The number of nitrogens with one attached hydrogen (secondary N) is 2. The number of rotatable bonds is 8. The van der Waals surface area contributed by atoms with Crippen LogP contribution in [0.1, 0.15) is 22.6 Å². The van der Waals surface area contributed by atoms with Crippen LogP contribution in [0.5, 0.6) is 0 Å². The number of benzene rings is 3. The molecule has 0 spiro atoms. The predicted molar refractivity (Wildman–Crippen MR) is 141 cm³/mol. The second-order valence-corrected chi connectivity index (χ2v) is 10.2. The molecule has 4 N–H and O–H groups in total. The summed E-state index contributed by atoms with van der Waals surface area (Å²) in [6.45, 7) is 0.471. The Morgan fingerprint density at radius 2 is 1.71 bits per heavy atom. The maximum atomic E-state index is 13.6. The average Bonchev–Trinajstić information content (AvgIpc) is 3.44. The van der Waals surface area contributed by atoms with E-state index in [0.29, 0.717) is 52.1 Å². The number of aromatic nitrogens is 4. The number of hydrogen-bond donors (Lipinski definition) is 3. The number of amides is 1. The average molecular weight is 531 g/mol. The number of imidazole rings is 1. The van der Waals surface area contributed by atoms with Gasteiger partial charge in [-0.05, 0) is 61.0 Å². The van der Waals surface area contributed by atoms with Gasteiger partial charge in [0.05, 0.1) is 27.3 Å². The molecule has 5 aromatic rings. The standard InChI is InChI=1S/C27H23FN6O3S/c28-20-9-6-17(7-10-20)25-26(18-3-1-4-21(15-18)38(29,36)37)34-23-16-19(8-11-22(23)33-25)27(35)32-12-2-5-24-30-13-14-31-24/h1,3-4,6-11,13-16H,2,5,12H2,(H,30,31)(H,32,35)(H2,29,36,37). The number of aryl methyl sites for hydroxylation is 1. The fourth-order valence-corrected chi connectivity index (χ4v) is 4.58. The van der Waals surface area contributed by atoms with E-state index in [4.69, 9.17) is 15.1 Å². The Balaban J connectivity index is 1.51. The largest absolute Gasteiger partial charge is 0.352 e. The summed E-state index contributed by atoms with van der Waals surface area (Å²) in [7, 11) is -3.96. The van der Waals surface area contributed by atoms with Crippen molar-refractivity contribution in [2.24, 2.45) is 5.14 Å². The summed E-state index contributed by atoms with van der Waals surface area (Å²) >= 11 is 0. The van der Waals surface area contributed by atoms with Gasteiger partial charge in [0.15, 0.2) is 0 Å². The molecule has 9 nitrogen and oxygen atoms in total. The summed E-state index contributed by atoms with van der Waals surface area (Å²) in [6.07, 6.45) is 4.87. The smallest absolute Gasteiger partial charge is 0.251 e. The molecule has 0 fully saturated rings. The van der Waals surface area contributed by atoms with Crippen molar-refractivity contribution in [1.82, 2.24) is 25.3 Å². The lowest BCUT2D eigenvalue weighted by molar-refractivity contribution is 0.0953. The molecular weight excluding hydrogens is 507 g/mol. The van der Waals surface area contributed by atoms with Crippen molar-refractivity contribution < 1.29 is 17.6 Å². The summed E-state index contributed by atoms with van der Waals surface area (Å²) in [4.78, 5) is 29.4. The van der Waals surface area contributed by atoms with Crippen molar-refractivity contribution in [3.05, 3.63) is 96.3 Å². The number of aromatic amines is 1. The van der Waals surface area contributed by atoms with Gasteiger partial charge in [0, 0.05) is 42.0 Å². The van der Waals surface area contributed by atoms with E-state index in [1.54, 1.807) is 54.9 Å². The number of sulfonamides is 1. The van der Waals surface area contributed by atoms with E-state index < -0.39 is 15.8 Å². The lowest BCUT2D eigenvalue weighted by atomic mass is 10.0. The van der Waals surface area contributed by atoms with E-state index >= 15 is 0 Å². The van der Waals surface area contributed by atoms with Crippen molar-refractivity contribution in [1.29, 1.82) is 0 Å². The summed E-state index contributed by atoms with van der Waals surface area (Å²) in [6, 6.07) is 16.8. The molecular formula is C27H23FN6O3S. The third-order valence-electron chi connectivity index (χ3n) is 5.91. The minimum Gasteiger partial charge on any atom is -0.352 e. The van der Waals surface area contributed by atoms with Gasteiger partial charge >= 0.3 is 0 Å². The molecule has 2 heterocycles. The highest BCUT2D eigenvalue weighted by Gasteiger charge is 2.17. The Kier molecular flexibility index (Phi) is 6.95. The quantitative estimate of drug-likeness (QED) is 0.260. The summed E-state index contributed by atoms with van der Waals surface area (Å²) in [5.41, 5.74) is 3.21. The van der Waals surface area contributed by atoms with Crippen LogP contribution in [-0.4, -0.2) is 40.8 Å². The van der Waals surface area contributed by atoms with Gasteiger partial charge < -0.3 is 10.3 Å². The van der Waals surface area contributed by atoms with Crippen LogP contribution in [0.15, 0.2) is 84.0 Å². The zero-order valence-electron chi connectivity index (χ0n) is 20.1. The third-order valence-corrected chi connectivity index (χ3v) is 6.82. The molecule has 11 heteroatoms. The van der Waals surface area contributed by atoms with Crippen molar-refractivity contribution >= 4 is 27.0 Å². The van der Waals surface area contributed by atoms with Gasteiger partial charge in [0.2, 0.25) is 10.0 Å². The number of nitrogens with two attached hydrogens (primary N) is 1. The first-order valence-corrected chi connectivity index (χ1v) is 13.3. The monoisotopic (exact) mass is 530 g/mol. The molecule has 38 heavy (non-hydrogen) atoms. The van der Waals surface area contributed by atoms with Gasteiger partial charge in [-0.1, -0.05) is 12.1 Å². The second-order valence-electron chi connectivity index (χ2n) is 8.60. The lowest BCUT2D eigenvalue weighted by Crippen LogP contribution is -2.24. The zero-order chi connectivity index (χ0) is 26.7. The Morgan fingerprint density at radius 1 is 0.947 bits per heavy atom. The molecule has 0 atom stereocenters. The molecule has 192 valence electrons. The number of hydrogen-bond acceptors (Lipinski definition) is 6. The maximum absolute atomic E-state index is 13.6. The van der Waals surface area contributed by atoms with Crippen LogP contribution in [0.3, 0.4) is 0 Å². The summed E-state index contributed by atoms with van der Waals surface area (Å²) in [5, 5.41) is 8.23. The zero-order valence-corrected chi connectivity index (χ0v) is 20.9. The maximum Gasteiger partial charge on any atom is 0.251 e. The first-order chi connectivity index (χ1) is 18.3. The molecule has 3 aromatic carbocycles. The molecule has 0 saturated carbocycles. The van der Waals surface area contributed by atoms with Gasteiger partial charge in [-0.2, -0.15) is 0 Å². The van der Waals surface area contributed by atoms with Crippen LogP contribution >= 0.6 is 0 Å². The summed E-state index contributed by atoms with van der Waals surface area (Å²) < 4.78 is 37.5. The lowest BCUT2D eigenvalue weighted by Gasteiger charge is -2.12. The molecule has 5 rings (SSSR count). The molecule has 0 bridgehead atoms. The van der Waals surface area contributed by atoms with E-state index in [2.05, 4.69) is 15.3 Å². The minimum absolute atomic E-state index is 0.0790. The molecule has 0 radical (unpaired) electrons. The van der Waals surface area contributed by atoms with Crippen molar-refractivity contribution in [2.75, 3.05) is 6.54 Å². The summed E-state index contributed by atoms with van der Waals surface area (Å²) in [5.74, 6) is 0.199. The van der Waals surface area contributed by atoms with Crippen LogP contribution < -0.4 is 10.5 Å². The normalized spacial score (nSPS) is 11.5. The van der Waals surface area contributed by atoms with Crippen molar-refractivity contribution in [2.45, 2.75) is 17.7 Å². The van der Waals surface area contributed by atoms with Gasteiger partial charge in [-0.3, -0.25) is 4.79 Å². The molecule has 0 aliphatic carbocycles. The Bertz CT molecular complexity index is 1720. The number of carbonyl (C=O) groups excluding carboxylic acids is 1. The molecule has 1 amide bonds. The first-order valence-electron chi connectivity index (χ1n) is 11.8. The van der Waals surface area contributed by atoms with Crippen LogP contribution in [0.25, 0.3) is 33.5 Å². The number of fused-ring (bicyclic) bond motifs is 1. The number of nitrogens with zero attached hydrogens (tertiary/aromatic N) is 3. The van der Waals surface area contributed by atoms with Crippen LogP contribution in [-0.2, 0) is 16.4 Å². The highest BCUT2D eigenvalue weighted by Crippen LogP contribution is 2.32. The van der Waals surface area contributed by atoms with Crippen LogP contribution in [0.2, 0.25) is 0 Å². The SMILES string of the molecule is NS(=O)(=O)c1cccc(-c2nc3cc(C(=O)NCCCc4ncc[nH]4)ccc3nc2-c2ccc(F)cc2)c1. The van der Waals surface area contributed by atoms with E-state index in [0.717, 1.165) is 12.2 Å². The number of carbonyl (C=O) groups is 1. The molecule has 0 unspecified atom stereocenters. The Hall–Kier alpha value is -4.48. The fourth-order valence-electron chi connectivity index (χ4n) is 4.02. The van der Waals surface area contributed by atoms with Crippen LogP contribution in [0, 0.1) is 5.82 Å². The van der Waals surface area contributed by atoms with Crippen LogP contribution in [0.4, 0.5) is 4.39 Å². The number of halogens is 1. The highest BCUT2D eigenvalue weighted by molar-refractivity contribution is 7.89. The predicted octanol–water partition coefficient (Wildman–Crippen LogP) is 3.84. The van der Waals surface area contributed by atoms with E-state index in [9.17, 15) is 17.6 Å². The van der Waals surface area contributed by atoms with Gasteiger partial charge in [-0.15, -0.1) is 0 Å².